The summed E-state index contributed by atoms with van der Waals surface area (Å²) in [6, 6.07) is 6.90. The summed E-state index contributed by atoms with van der Waals surface area (Å²) in [6.07, 6.45) is 2.15. The lowest BCUT2D eigenvalue weighted by molar-refractivity contribution is -0.111. The van der Waals surface area contributed by atoms with Crippen LogP contribution in [-0.4, -0.2) is 43.5 Å². The van der Waals surface area contributed by atoms with E-state index in [4.69, 9.17) is 4.74 Å². The third-order valence-corrected chi connectivity index (χ3v) is 3.92. The van der Waals surface area contributed by atoms with Gasteiger partial charge in [-0.2, -0.15) is 0 Å². The monoisotopic (exact) mass is 302 g/mol. The Kier molecular flexibility index (Phi) is 4.98. The van der Waals surface area contributed by atoms with E-state index in [9.17, 15) is 9.59 Å². The van der Waals surface area contributed by atoms with Crippen LogP contribution in [0.4, 0.5) is 5.69 Å². The maximum atomic E-state index is 12.5. The van der Waals surface area contributed by atoms with E-state index in [1.54, 1.807) is 31.4 Å². The second kappa shape index (κ2) is 6.75. The Morgan fingerprint density at radius 3 is 2.68 bits per heavy atom. The molecule has 0 radical (unpaired) electrons. The van der Waals surface area contributed by atoms with E-state index >= 15 is 0 Å². The maximum absolute atomic E-state index is 12.5. The molecule has 0 spiro atoms. The molecule has 1 atom stereocenters. The minimum atomic E-state index is -0.269. The van der Waals surface area contributed by atoms with Crippen molar-refractivity contribution in [2.45, 2.75) is 13.3 Å². The minimum Gasteiger partial charge on any atom is -0.384 e. The van der Waals surface area contributed by atoms with Crippen molar-refractivity contribution in [3.63, 3.8) is 0 Å². The molecule has 5 heteroatoms. The molecule has 1 fully saturated rings. The highest BCUT2D eigenvalue weighted by molar-refractivity contribution is 5.99. The van der Waals surface area contributed by atoms with Crippen LogP contribution < -0.4 is 5.32 Å². The molecule has 1 heterocycles. The first kappa shape index (κ1) is 16.2. The summed E-state index contributed by atoms with van der Waals surface area (Å²) in [5, 5.41) is 2.66. The van der Waals surface area contributed by atoms with Crippen LogP contribution in [0.25, 0.3) is 0 Å². The second-order valence-electron chi connectivity index (χ2n) is 5.99. The van der Waals surface area contributed by atoms with Crippen molar-refractivity contribution in [1.82, 2.24) is 4.90 Å². The molecule has 22 heavy (non-hydrogen) atoms. The van der Waals surface area contributed by atoms with Crippen LogP contribution in [0.15, 0.2) is 36.9 Å². The van der Waals surface area contributed by atoms with Crippen molar-refractivity contribution in [1.29, 1.82) is 0 Å². The number of nitrogens with zero attached hydrogens (tertiary/aromatic N) is 1. The lowest BCUT2D eigenvalue weighted by Crippen LogP contribution is -2.32. The number of nitrogens with one attached hydrogen (secondary N) is 1. The van der Waals surface area contributed by atoms with Crippen molar-refractivity contribution in [3.05, 3.63) is 42.5 Å². The number of ether oxygens (including phenoxy) is 1. The molecular formula is C17H22N2O3. The highest BCUT2D eigenvalue weighted by Crippen LogP contribution is 2.31. The minimum absolute atomic E-state index is 0.0152. The predicted octanol–water partition coefficient (Wildman–Crippen LogP) is 2.31. The van der Waals surface area contributed by atoms with Crippen LogP contribution in [-0.2, 0) is 9.53 Å². The van der Waals surface area contributed by atoms with Crippen LogP contribution >= 0.6 is 0 Å². The van der Waals surface area contributed by atoms with Crippen molar-refractivity contribution in [2.75, 3.05) is 32.1 Å². The van der Waals surface area contributed by atoms with E-state index in [1.165, 1.54) is 6.08 Å². The summed E-state index contributed by atoms with van der Waals surface area (Å²) in [6.45, 7) is 7.64. The maximum Gasteiger partial charge on any atom is 0.253 e. The van der Waals surface area contributed by atoms with Gasteiger partial charge in [0, 0.05) is 36.9 Å². The Morgan fingerprint density at radius 1 is 1.41 bits per heavy atom. The van der Waals surface area contributed by atoms with Crippen LogP contribution in [0.2, 0.25) is 0 Å². The van der Waals surface area contributed by atoms with Gasteiger partial charge in [-0.15, -0.1) is 0 Å². The number of carbonyl (C=O) groups excluding carboxylic acids is 2. The van der Waals surface area contributed by atoms with E-state index in [0.717, 1.165) is 13.0 Å². The molecule has 118 valence electrons. The number of rotatable bonds is 5. The Bertz CT molecular complexity index is 568. The zero-order chi connectivity index (χ0) is 16.2. The summed E-state index contributed by atoms with van der Waals surface area (Å²) in [5.74, 6) is -0.254. The number of carbonyl (C=O) groups is 2. The van der Waals surface area contributed by atoms with Crippen molar-refractivity contribution >= 4 is 17.5 Å². The molecule has 1 saturated heterocycles. The first-order chi connectivity index (χ1) is 10.5. The molecule has 0 bridgehead atoms. The fourth-order valence-corrected chi connectivity index (χ4v) is 2.74. The Hall–Kier alpha value is -2.14. The molecule has 0 aromatic heterocycles. The molecule has 1 aliphatic heterocycles. The predicted molar refractivity (Wildman–Crippen MR) is 85.8 cm³/mol. The van der Waals surface area contributed by atoms with E-state index in [2.05, 4.69) is 18.8 Å². The molecule has 0 aliphatic carbocycles. The second-order valence-corrected chi connectivity index (χ2v) is 5.99. The quantitative estimate of drug-likeness (QED) is 0.849. The molecule has 1 unspecified atom stereocenters. The largest absolute Gasteiger partial charge is 0.384 e. The summed E-state index contributed by atoms with van der Waals surface area (Å²) in [7, 11) is 1.69. The number of methoxy groups -OCH3 is 1. The molecule has 1 aromatic rings. The van der Waals surface area contributed by atoms with Crippen LogP contribution in [0.3, 0.4) is 0 Å². The van der Waals surface area contributed by atoms with Gasteiger partial charge in [-0.05, 0) is 36.8 Å². The smallest absolute Gasteiger partial charge is 0.253 e. The summed E-state index contributed by atoms with van der Waals surface area (Å²) >= 11 is 0. The van der Waals surface area contributed by atoms with Crippen LogP contribution in [0.5, 0.6) is 0 Å². The summed E-state index contributed by atoms with van der Waals surface area (Å²) in [4.78, 5) is 25.6. The zero-order valence-electron chi connectivity index (χ0n) is 13.1. The van der Waals surface area contributed by atoms with Crippen molar-refractivity contribution in [3.8, 4) is 0 Å². The van der Waals surface area contributed by atoms with Gasteiger partial charge in [-0.3, -0.25) is 9.59 Å². The molecular weight excluding hydrogens is 280 g/mol. The molecule has 1 aromatic carbocycles. The Labute approximate surface area is 130 Å². The average molecular weight is 302 g/mol. The third-order valence-electron chi connectivity index (χ3n) is 3.92. The first-order valence-corrected chi connectivity index (χ1v) is 7.29. The number of hydrogen-bond donors (Lipinski definition) is 1. The lowest BCUT2D eigenvalue weighted by atomic mass is 9.91. The molecule has 2 rings (SSSR count). The van der Waals surface area contributed by atoms with Gasteiger partial charge in [0.1, 0.15) is 0 Å². The number of anilines is 1. The highest BCUT2D eigenvalue weighted by atomic mass is 16.5. The van der Waals surface area contributed by atoms with Crippen LogP contribution in [0.1, 0.15) is 23.7 Å². The van der Waals surface area contributed by atoms with Gasteiger partial charge < -0.3 is 15.0 Å². The molecule has 5 nitrogen and oxygen atoms in total. The van der Waals surface area contributed by atoms with Gasteiger partial charge in [0.2, 0.25) is 5.91 Å². The van der Waals surface area contributed by atoms with Gasteiger partial charge in [0.05, 0.1) is 6.61 Å². The van der Waals surface area contributed by atoms with E-state index in [1.807, 2.05) is 4.90 Å². The fraction of sp³-hybridized carbons (Fsp3) is 0.412. The number of benzene rings is 1. The van der Waals surface area contributed by atoms with Gasteiger partial charge >= 0.3 is 0 Å². The third kappa shape index (κ3) is 3.74. The lowest BCUT2D eigenvalue weighted by Gasteiger charge is -2.23. The van der Waals surface area contributed by atoms with Gasteiger partial charge in [0.15, 0.2) is 0 Å². The fourth-order valence-electron chi connectivity index (χ4n) is 2.74. The number of hydrogen-bond acceptors (Lipinski definition) is 3. The van der Waals surface area contributed by atoms with Gasteiger partial charge in [-0.1, -0.05) is 13.5 Å². The first-order valence-electron chi connectivity index (χ1n) is 7.29. The standard InChI is InChI=1S/C17H22N2O3/c1-4-15(20)18-14-7-5-13(6-8-14)16(21)19-10-9-17(2,11-19)12-22-3/h4-8H,1,9-12H2,2-3H3,(H,18,20). The van der Waals surface area contributed by atoms with Crippen LogP contribution in [0, 0.1) is 5.41 Å². The number of amides is 2. The number of likely N-dealkylation sites (tertiary alicyclic amines) is 1. The zero-order valence-corrected chi connectivity index (χ0v) is 13.1. The van der Waals surface area contributed by atoms with E-state index in [0.29, 0.717) is 24.4 Å². The van der Waals surface area contributed by atoms with E-state index < -0.39 is 0 Å². The van der Waals surface area contributed by atoms with E-state index in [-0.39, 0.29) is 17.2 Å². The van der Waals surface area contributed by atoms with Gasteiger partial charge in [-0.25, -0.2) is 0 Å². The Morgan fingerprint density at radius 2 is 2.09 bits per heavy atom. The average Bonchev–Trinajstić information content (AvgIpc) is 2.89. The summed E-state index contributed by atoms with van der Waals surface area (Å²) < 4.78 is 5.24. The summed E-state index contributed by atoms with van der Waals surface area (Å²) in [5.41, 5.74) is 1.30. The molecule has 0 saturated carbocycles. The van der Waals surface area contributed by atoms with Crippen molar-refractivity contribution in [2.24, 2.45) is 5.41 Å². The Balaban J connectivity index is 2.01. The topological polar surface area (TPSA) is 58.6 Å². The molecule has 2 amide bonds. The molecule has 1 N–H and O–H groups in total. The SMILES string of the molecule is C=CC(=O)Nc1ccc(C(=O)N2CCC(C)(COC)C2)cc1. The normalized spacial score (nSPS) is 20.7. The molecule has 1 aliphatic rings. The van der Waals surface area contributed by atoms with Crippen molar-refractivity contribution < 1.29 is 14.3 Å². The highest BCUT2D eigenvalue weighted by Gasteiger charge is 2.36. The van der Waals surface area contributed by atoms with Gasteiger partial charge in [0.25, 0.3) is 5.91 Å².